The van der Waals surface area contributed by atoms with Crippen LogP contribution in [0.5, 0.6) is 0 Å². The number of hydrogen-bond donors (Lipinski definition) is 0. The van der Waals surface area contributed by atoms with E-state index in [9.17, 15) is 0 Å². The summed E-state index contributed by atoms with van der Waals surface area (Å²) in [4.78, 5) is 0. The van der Waals surface area contributed by atoms with E-state index in [-0.39, 0.29) is 5.60 Å². The molecule has 1 unspecified atom stereocenters. The van der Waals surface area contributed by atoms with Crippen LogP contribution in [-0.2, 0) is 4.74 Å². The molecule has 1 fully saturated rings. The van der Waals surface area contributed by atoms with Crippen LogP contribution in [-0.4, -0.2) is 12.2 Å². The average Bonchev–Trinajstić information content (AvgIpc) is 3.27. The van der Waals surface area contributed by atoms with Crippen LogP contribution in [0, 0.1) is 0 Å². The van der Waals surface area contributed by atoms with Crippen molar-refractivity contribution in [3.05, 3.63) is 79.4 Å². The third-order valence-corrected chi connectivity index (χ3v) is 3.30. The van der Waals surface area contributed by atoms with E-state index < -0.39 is 0 Å². The highest BCUT2D eigenvalue weighted by Crippen LogP contribution is 2.26. The van der Waals surface area contributed by atoms with Gasteiger partial charge in [0, 0.05) is 0 Å². The molecule has 0 N–H and O–H groups in total. The van der Waals surface area contributed by atoms with E-state index in [1.54, 1.807) is 0 Å². The topological polar surface area (TPSA) is 12.5 Å². The summed E-state index contributed by atoms with van der Waals surface area (Å²) in [6.07, 6.45) is 3.72. The molecule has 20 heavy (non-hydrogen) atoms. The Morgan fingerprint density at radius 3 is 2.10 bits per heavy atom. The fraction of sp³-hybridized carbons (Fsp3) is 0.158. The van der Waals surface area contributed by atoms with Crippen LogP contribution < -0.4 is 0 Å². The van der Waals surface area contributed by atoms with E-state index >= 15 is 0 Å². The molecule has 0 radical (unpaired) electrons. The zero-order valence-corrected chi connectivity index (χ0v) is 11.9. The van der Waals surface area contributed by atoms with Crippen molar-refractivity contribution in [1.82, 2.24) is 0 Å². The van der Waals surface area contributed by atoms with Gasteiger partial charge in [-0.15, -0.1) is 6.58 Å². The molecule has 1 heteroatoms. The smallest absolute Gasteiger partial charge is 0.107 e. The Morgan fingerprint density at radius 1 is 1.00 bits per heavy atom. The predicted octanol–water partition coefficient (Wildman–Crippen LogP) is 4.96. The van der Waals surface area contributed by atoms with Crippen molar-refractivity contribution in [2.45, 2.75) is 12.5 Å². The van der Waals surface area contributed by atoms with E-state index in [1.807, 2.05) is 31.2 Å². The SMILES string of the molecule is C=CC1(C)CO1.C=Cc1ccccc1-c1ccccc1. The van der Waals surface area contributed by atoms with Crippen molar-refractivity contribution < 1.29 is 4.74 Å². The molecule has 0 amide bonds. The largest absolute Gasteiger partial charge is 0.365 e. The molecule has 1 aliphatic heterocycles. The number of hydrogen-bond acceptors (Lipinski definition) is 1. The molecule has 1 saturated heterocycles. The van der Waals surface area contributed by atoms with Crippen LogP contribution >= 0.6 is 0 Å². The van der Waals surface area contributed by atoms with Crippen molar-refractivity contribution in [3.63, 3.8) is 0 Å². The van der Waals surface area contributed by atoms with Crippen molar-refractivity contribution in [3.8, 4) is 11.1 Å². The van der Waals surface area contributed by atoms with Gasteiger partial charge in [-0.05, 0) is 23.6 Å². The molecule has 0 aromatic heterocycles. The van der Waals surface area contributed by atoms with Gasteiger partial charge in [0.15, 0.2) is 0 Å². The van der Waals surface area contributed by atoms with E-state index in [4.69, 9.17) is 4.74 Å². The lowest BCUT2D eigenvalue weighted by Crippen LogP contribution is -1.94. The molecule has 3 rings (SSSR count). The lowest BCUT2D eigenvalue weighted by atomic mass is 10.00. The predicted molar refractivity (Wildman–Crippen MR) is 86.5 cm³/mol. The number of ether oxygens (including phenoxy) is 1. The Morgan fingerprint density at radius 2 is 1.60 bits per heavy atom. The van der Waals surface area contributed by atoms with Crippen molar-refractivity contribution in [2.75, 3.05) is 6.61 Å². The number of epoxide rings is 1. The summed E-state index contributed by atoms with van der Waals surface area (Å²) in [7, 11) is 0. The standard InChI is InChI=1S/C14H12.C5H8O/c1-2-12-8-6-7-11-14(12)13-9-4-3-5-10-13;1-3-5(2)4-6-5/h2-11H,1H2;3H,1,4H2,2H3. The van der Waals surface area contributed by atoms with E-state index in [0.29, 0.717) is 0 Å². The Labute approximate surface area is 121 Å². The second-order valence-corrected chi connectivity index (χ2v) is 4.96. The Balaban J connectivity index is 0.000000205. The average molecular weight is 264 g/mol. The fourth-order valence-corrected chi connectivity index (χ4v) is 1.79. The summed E-state index contributed by atoms with van der Waals surface area (Å²) in [6.45, 7) is 10.3. The first-order valence-corrected chi connectivity index (χ1v) is 6.73. The van der Waals surface area contributed by atoms with Gasteiger partial charge in [0.2, 0.25) is 0 Å². The lowest BCUT2D eigenvalue weighted by Gasteiger charge is -2.04. The number of benzene rings is 2. The minimum absolute atomic E-state index is 0.0556. The minimum atomic E-state index is 0.0556. The molecule has 2 aromatic rings. The van der Waals surface area contributed by atoms with Gasteiger partial charge in [-0.3, -0.25) is 0 Å². The molecular weight excluding hydrogens is 244 g/mol. The highest BCUT2D eigenvalue weighted by atomic mass is 16.6. The molecule has 2 aromatic carbocycles. The third-order valence-electron chi connectivity index (χ3n) is 3.30. The van der Waals surface area contributed by atoms with Crippen molar-refractivity contribution in [1.29, 1.82) is 0 Å². The highest BCUT2D eigenvalue weighted by molar-refractivity contribution is 5.74. The van der Waals surface area contributed by atoms with Crippen LogP contribution in [0.25, 0.3) is 17.2 Å². The highest BCUT2D eigenvalue weighted by Gasteiger charge is 2.34. The van der Waals surface area contributed by atoms with Crippen LogP contribution in [0.2, 0.25) is 0 Å². The molecule has 1 heterocycles. The first-order chi connectivity index (χ1) is 9.68. The maximum atomic E-state index is 4.93. The first kappa shape index (κ1) is 14.3. The molecule has 1 aliphatic rings. The summed E-state index contributed by atoms with van der Waals surface area (Å²) < 4.78 is 4.93. The third kappa shape index (κ3) is 3.69. The van der Waals surface area contributed by atoms with Crippen LogP contribution in [0.4, 0.5) is 0 Å². The summed E-state index contributed by atoms with van der Waals surface area (Å²) in [5.74, 6) is 0. The van der Waals surface area contributed by atoms with Gasteiger partial charge in [0.1, 0.15) is 5.60 Å². The van der Waals surface area contributed by atoms with Gasteiger partial charge in [-0.1, -0.05) is 73.3 Å². The minimum Gasteiger partial charge on any atom is -0.365 e. The summed E-state index contributed by atoms with van der Waals surface area (Å²) >= 11 is 0. The van der Waals surface area contributed by atoms with Crippen LogP contribution in [0.3, 0.4) is 0 Å². The molecule has 0 spiro atoms. The van der Waals surface area contributed by atoms with Gasteiger partial charge in [-0.2, -0.15) is 0 Å². The zero-order valence-electron chi connectivity index (χ0n) is 11.9. The van der Waals surface area contributed by atoms with Crippen LogP contribution in [0.15, 0.2) is 73.8 Å². The molecule has 0 bridgehead atoms. The van der Waals surface area contributed by atoms with Gasteiger partial charge < -0.3 is 4.74 Å². The van der Waals surface area contributed by atoms with Crippen molar-refractivity contribution >= 4 is 6.08 Å². The molecule has 0 saturated carbocycles. The molecule has 1 atom stereocenters. The van der Waals surface area contributed by atoms with E-state index in [2.05, 4.69) is 55.6 Å². The second kappa shape index (κ2) is 6.36. The second-order valence-electron chi connectivity index (χ2n) is 4.96. The monoisotopic (exact) mass is 264 g/mol. The van der Waals surface area contributed by atoms with E-state index in [0.717, 1.165) is 6.61 Å². The number of rotatable bonds is 3. The first-order valence-electron chi connectivity index (χ1n) is 6.73. The van der Waals surface area contributed by atoms with Crippen LogP contribution in [0.1, 0.15) is 12.5 Å². The van der Waals surface area contributed by atoms with Gasteiger partial charge in [0.25, 0.3) is 0 Å². The normalized spacial score (nSPS) is 19.4. The zero-order chi connectivity index (χ0) is 14.4. The Bertz CT molecular complexity index is 580. The summed E-state index contributed by atoms with van der Waals surface area (Å²) in [6, 6.07) is 18.6. The van der Waals surface area contributed by atoms with Gasteiger partial charge in [-0.25, -0.2) is 0 Å². The van der Waals surface area contributed by atoms with E-state index in [1.165, 1.54) is 16.7 Å². The van der Waals surface area contributed by atoms with Gasteiger partial charge in [0.05, 0.1) is 6.61 Å². The Kier molecular flexibility index (Phi) is 4.54. The quantitative estimate of drug-likeness (QED) is 0.564. The summed E-state index contributed by atoms with van der Waals surface area (Å²) in [5.41, 5.74) is 3.71. The molecule has 0 aliphatic carbocycles. The Hall–Kier alpha value is -2.12. The maximum absolute atomic E-state index is 4.93. The van der Waals surface area contributed by atoms with Crippen molar-refractivity contribution in [2.24, 2.45) is 0 Å². The lowest BCUT2D eigenvalue weighted by molar-refractivity contribution is 0.370. The molecular formula is C19H20O. The molecule has 102 valence electrons. The fourth-order valence-electron chi connectivity index (χ4n) is 1.79. The maximum Gasteiger partial charge on any atom is 0.107 e. The summed E-state index contributed by atoms with van der Waals surface area (Å²) in [5, 5.41) is 0. The molecule has 1 nitrogen and oxygen atoms in total. The van der Waals surface area contributed by atoms with Gasteiger partial charge >= 0.3 is 0 Å².